The number of anilines is 1. The van der Waals surface area contributed by atoms with Crippen molar-refractivity contribution in [3.05, 3.63) is 11.1 Å². The van der Waals surface area contributed by atoms with Crippen LogP contribution in [-0.2, 0) is 9.59 Å². The summed E-state index contributed by atoms with van der Waals surface area (Å²) in [4.78, 5) is 31.5. The Hall–Kier alpha value is -1.43. The van der Waals surface area contributed by atoms with Crippen LogP contribution in [0.25, 0.3) is 0 Å². The van der Waals surface area contributed by atoms with Crippen molar-refractivity contribution < 1.29 is 9.59 Å². The molecule has 2 amide bonds. The van der Waals surface area contributed by atoms with Crippen LogP contribution in [0, 0.1) is 6.92 Å². The smallest absolute Gasteiger partial charge is 0.245 e. The summed E-state index contributed by atoms with van der Waals surface area (Å²) in [6.45, 7) is 4.27. The normalized spacial score (nSPS) is 14.9. The average Bonchev–Trinajstić information content (AvgIpc) is 3.07. The number of hydrogen-bond acceptors (Lipinski definition) is 4. The van der Waals surface area contributed by atoms with Crippen LogP contribution in [0.1, 0.15) is 89.7 Å². The summed E-state index contributed by atoms with van der Waals surface area (Å²) in [5.74, 6) is 0.00841. The van der Waals surface area contributed by atoms with Gasteiger partial charge in [0, 0.05) is 17.8 Å². The van der Waals surface area contributed by atoms with E-state index in [1.807, 2.05) is 17.2 Å². The first kappa shape index (κ1) is 21.9. The van der Waals surface area contributed by atoms with Gasteiger partial charge in [0.15, 0.2) is 5.13 Å². The van der Waals surface area contributed by atoms with Crippen molar-refractivity contribution in [2.24, 2.45) is 0 Å². The number of rotatable bonds is 11. The lowest BCUT2D eigenvalue weighted by atomic mass is 9.93. The first-order valence-corrected chi connectivity index (χ1v) is 11.5. The van der Waals surface area contributed by atoms with Gasteiger partial charge in [0.25, 0.3) is 0 Å². The van der Waals surface area contributed by atoms with Crippen molar-refractivity contribution in [2.45, 2.75) is 96.9 Å². The minimum absolute atomic E-state index is 0.133. The summed E-state index contributed by atoms with van der Waals surface area (Å²) in [5.41, 5.74) is 0.901. The fourth-order valence-corrected chi connectivity index (χ4v) is 4.44. The van der Waals surface area contributed by atoms with Gasteiger partial charge in [-0.05, 0) is 26.2 Å². The molecular weight excluding hydrogens is 358 g/mol. The second-order valence-corrected chi connectivity index (χ2v) is 8.53. The van der Waals surface area contributed by atoms with Crippen LogP contribution < -0.4 is 5.32 Å². The van der Waals surface area contributed by atoms with Crippen LogP contribution in [0.3, 0.4) is 0 Å². The molecule has 1 heterocycles. The Kier molecular flexibility index (Phi) is 9.81. The van der Waals surface area contributed by atoms with Gasteiger partial charge in [-0.25, -0.2) is 4.98 Å². The molecule has 0 unspecified atom stereocenters. The van der Waals surface area contributed by atoms with E-state index in [4.69, 9.17) is 0 Å². The van der Waals surface area contributed by atoms with Gasteiger partial charge in [-0.2, -0.15) is 0 Å². The van der Waals surface area contributed by atoms with Crippen molar-refractivity contribution >= 4 is 28.3 Å². The van der Waals surface area contributed by atoms with E-state index in [9.17, 15) is 9.59 Å². The number of aromatic nitrogens is 1. The van der Waals surface area contributed by atoms with Gasteiger partial charge in [-0.15, -0.1) is 11.3 Å². The van der Waals surface area contributed by atoms with E-state index in [0.717, 1.165) is 44.2 Å². The molecule has 6 heteroatoms. The predicted molar refractivity (Wildman–Crippen MR) is 112 cm³/mol. The number of carbonyl (C=O) groups excluding carboxylic acids is 2. The number of unbranched alkanes of at least 4 members (excludes halogenated alkanes) is 5. The molecule has 2 rings (SSSR count). The van der Waals surface area contributed by atoms with E-state index in [-0.39, 0.29) is 24.4 Å². The monoisotopic (exact) mass is 393 g/mol. The standard InChI is InChI=1S/C21H35N3O2S/c1-3-4-5-6-7-11-14-20(26)24(18-12-9-8-10-13-18)15-19(25)23-21-22-17(2)16-27-21/h16,18H,3-15H2,1-2H3,(H,22,23,25). The molecule has 0 aromatic carbocycles. The summed E-state index contributed by atoms with van der Waals surface area (Å²) in [7, 11) is 0. The summed E-state index contributed by atoms with van der Waals surface area (Å²) < 4.78 is 0. The number of nitrogens with zero attached hydrogens (tertiary/aromatic N) is 2. The van der Waals surface area contributed by atoms with Crippen LogP contribution in [0.4, 0.5) is 5.13 Å². The van der Waals surface area contributed by atoms with Gasteiger partial charge in [0.05, 0.1) is 5.69 Å². The molecule has 0 atom stereocenters. The highest BCUT2D eigenvalue weighted by atomic mass is 32.1. The minimum atomic E-state index is -0.133. The maximum atomic E-state index is 12.9. The zero-order chi connectivity index (χ0) is 19.5. The average molecular weight is 394 g/mol. The van der Waals surface area contributed by atoms with Crippen LogP contribution in [-0.4, -0.2) is 34.3 Å². The van der Waals surface area contributed by atoms with E-state index in [1.54, 1.807) is 0 Å². The summed E-state index contributed by atoms with van der Waals surface area (Å²) in [6, 6.07) is 0.218. The summed E-state index contributed by atoms with van der Waals surface area (Å²) >= 11 is 1.43. The number of carbonyl (C=O) groups is 2. The molecule has 0 spiro atoms. The predicted octanol–water partition coefficient (Wildman–Crippen LogP) is 5.30. The molecule has 1 fully saturated rings. The Morgan fingerprint density at radius 2 is 1.85 bits per heavy atom. The molecule has 5 nitrogen and oxygen atoms in total. The van der Waals surface area contributed by atoms with Gasteiger partial charge >= 0.3 is 0 Å². The van der Waals surface area contributed by atoms with Crippen molar-refractivity contribution in [2.75, 3.05) is 11.9 Å². The SMILES string of the molecule is CCCCCCCCC(=O)N(CC(=O)Nc1nc(C)cs1)C1CCCCC1. The Morgan fingerprint density at radius 3 is 2.52 bits per heavy atom. The van der Waals surface area contributed by atoms with Gasteiger partial charge in [-0.1, -0.05) is 58.3 Å². The van der Waals surface area contributed by atoms with E-state index in [0.29, 0.717) is 11.6 Å². The lowest BCUT2D eigenvalue weighted by molar-refractivity contribution is -0.137. The van der Waals surface area contributed by atoms with E-state index < -0.39 is 0 Å². The van der Waals surface area contributed by atoms with Crippen LogP contribution in [0.15, 0.2) is 5.38 Å². The molecule has 0 bridgehead atoms. The highest BCUT2D eigenvalue weighted by Crippen LogP contribution is 2.24. The first-order valence-electron chi connectivity index (χ1n) is 10.6. The molecular formula is C21H35N3O2S. The first-order chi connectivity index (χ1) is 13.1. The summed E-state index contributed by atoms with van der Waals surface area (Å²) in [6.07, 6.45) is 13.2. The van der Waals surface area contributed by atoms with Crippen LogP contribution in [0.5, 0.6) is 0 Å². The Bertz CT molecular complexity index is 582. The van der Waals surface area contributed by atoms with Crippen molar-refractivity contribution in [3.8, 4) is 0 Å². The molecule has 0 aliphatic heterocycles. The third-order valence-electron chi connectivity index (χ3n) is 5.26. The maximum Gasteiger partial charge on any atom is 0.245 e. The zero-order valence-corrected chi connectivity index (χ0v) is 17.8. The largest absolute Gasteiger partial charge is 0.330 e. The number of thiazole rings is 1. The number of amides is 2. The van der Waals surface area contributed by atoms with Crippen molar-refractivity contribution in [3.63, 3.8) is 0 Å². The molecule has 1 aliphatic carbocycles. The molecule has 1 saturated carbocycles. The second kappa shape index (κ2) is 12.1. The molecule has 27 heavy (non-hydrogen) atoms. The lowest BCUT2D eigenvalue weighted by Crippen LogP contribution is -2.45. The van der Waals surface area contributed by atoms with Crippen molar-refractivity contribution in [1.29, 1.82) is 0 Å². The molecule has 1 aromatic heterocycles. The quantitative estimate of drug-likeness (QED) is 0.519. The van der Waals surface area contributed by atoms with Crippen molar-refractivity contribution in [1.82, 2.24) is 9.88 Å². The van der Waals surface area contributed by atoms with Gasteiger partial charge in [0.2, 0.25) is 11.8 Å². The molecule has 0 radical (unpaired) electrons. The molecule has 1 aliphatic rings. The van der Waals surface area contributed by atoms with Gasteiger partial charge < -0.3 is 10.2 Å². The Balaban J connectivity index is 1.85. The fourth-order valence-electron chi connectivity index (χ4n) is 3.74. The maximum absolute atomic E-state index is 12.9. The Morgan fingerprint density at radius 1 is 1.15 bits per heavy atom. The molecule has 0 saturated heterocycles. The molecule has 152 valence electrons. The molecule has 1 N–H and O–H groups in total. The number of nitrogens with one attached hydrogen (secondary N) is 1. The van der Waals surface area contributed by atoms with Crippen LogP contribution in [0.2, 0.25) is 0 Å². The highest BCUT2D eigenvalue weighted by molar-refractivity contribution is 7.13. The third kappa shape index (κ3) is 7.99. The topological polar surface area (TPSA) is 62.3 Å². The van der Waals surface area contributed by atoms with Crippen LogP contribution >= 0.6 is 11.3 Å². The van der Waals surface area contributed by atoms with Gasteiger partial charge in [-0.3, -0.25) is 9.59 Å². The second-order valence-electron chi connectivity index (χ2n) is 7.67. The highest BCUT2D eigenvalue weighted by Gasteiger charge is 2.27. The van der Waals surface area contributed by atoms with E-state index in [2.05, 4.69) is 17.2 Å². The number of hydrogen-bond donors (Lipinski definition) is 1. The zero-order valence-electron chi connectivity index (χ0n) is 17.0. The lowest BCUT2D eigenvalue weighted by Gasteiger charge is -2.34. The third-order valence-corrected chi connectivity index (χ3v) is 6.13. The Labute approximate surface area is 167 Å². The van der Waals surface area contributed by atoms with Gasteiger partial charge in [0.1, 0.15) is 6.54 Å². The summed E-state index contributed by atoms with van der Waals surface area (Å²) in [5, 5.41) is 5.38. The van der Waals surface area contributed by atoms with E-state index >= 15 is 0 Å². The minimum Gasteiger partial charge on any atom is -0.330 e. The molecule has 1 aromatic rings. The fraction of sp³-hybridized carbons (Fsp3) is 0.762. The number of aryl methyl sites for hydroxylation is 1. The van der Waals surface area contributed by atoms with E-state index in [1.165, 1.54) is 43.4 Å².